The summed E-state index contributed by atoms with van der Waals surface area (Å²) in [7, 11) is -3.52. The van der Waals surface area contributed by atoms with Crippen molar-refractivity contribution in [2.75, 3.05) is 18.4 Å². The van der Waals surface area contributed by atoms with E-state index < -0.39 is 10.0 Å². The van der Waals surface area contributed by atoms with E-state index in [9.17, 15) is 13.2 Å². The molecule has 1 amide bonds. The highest BCUT2D eigenvalue weighted by Gasteiger charge is 2.34. The lowest BCUT2D eigenvalue weighted by Gasteiger charge is -2.30. The molecule has 124 valence electrons. The summed E-state index contributed by atoms with van der Waals surface area (Å²) in [5.41, 5.74) is 1.53. The molecule has 0 aromatic carbocycles. The second-order valence-corrected chi connectivity index (χ2v) is 9.59. The normalized spacial score (nSPS) is 19.6. The predicted octanol–water partition coefficient (Wildman–Crippen LogP) is 1.95. The second-order valence-electron chi connectivity index (χ2n) is 5.30. The van der Waals surface area contributed by atoms with Crippen molar-refractivity contribution in [1.29, 1.82) is 0 Å². The number of nitrogens with zero attached hydrogens (tertiary/aromatic N) is 3. The molecule has 0 bridgehead atoms. The molecule has 7 nitrogen and oxygen atoms in total. The van der Waals surface area contributed by atoms with E-state index >= 15 is 0 Å². The number of hydrogen-bond acceptors (Lipinski definition) is 7. The summed E-state index contributed by atoms with van der Waals surface area (Å²) in [6.45, 7) is 2.52. The number of rotatable bonds is 4. The van der Waals surface area contributed by atoms with Gasteiger partial charge in [0.25, 0.3) is 10.0 Å². The molecular weight excluding hydrogens is 356 g/mol. The van der Waals surface area contributed by atoms with Crippen LogP contribution in [0.4, 0.5) is 5.13 Å². The van der Waals surface area contributed by atoms with E-state index in [4.69, 9.17) is 0 Å². The SMILES string of the molecule is Cc1ccc(S(=O)(=O)N2CCCC(C(=O)Nc3nncs3)C2)s1. The highest BCUT2D eigenvalue weighted by Crippen LogP contribution is 2.28. The van der Waals surface area contributed by atoms with Crippen molar-refractivity contribution in [3.8, 4) is 0 Å². The molecule has 2 aromatic heterocycles. The van der Waals surface area contributed by atoms with Gasteiger partial charge in [0.2, 0.25) is 11.0 Å². The number of carbonyl (C=O) groups excluding carboxylic acids is 1. The molecule has 10 heteroatoms. The smallest absolute Gasteiger partial charge is 0.252 e. The van der Waals surface area contributed by atoms with Gasteiger partial charge in [-0.25, -0.2) is 8.42 Å². The Balaban J connectivity index is 1.71. The van der Waals surface area contributed by atoms with Crippen molar-refractivity contribution in [1.82, 2.24) is 14.5 Å². The van der Waals surface area contributed by atoms with E-state index in [1.165, 1.54) is 32.5 Å². The average molecular weight is 372 g/mol. The highest BCUT2D eigenvalue weighted by molar-refractivity contribution is 7.91. The number of amides is 1. The number of anilines is 1. The zero-order valence-corrected chi connectivity index (χ0v) is 14.9. The van der Waals surface area contributed by atoms with Crippen LogP contribution in [-0.4, -0.2) is 41.9 Å². The minimum Gasteiger partial charge on any atom is -0.300 e. The van der Waals surface area contributed by atoms with Crippen molar-refractivity contribution in [2.45, 2.75) is 24.0 Å². The molecule has 1 atom stereocenters. The molecule has 23 heavy (non-hydrogen) atoms. The van der Waals surface area contributed by atoms with Crippen LogP contribution in [0.1, 0.15) is 17.7 Å². The van der Waals surface area contributed by atoms with Crippen LogP contribution in [0.15, 0.2) is 21.9 Å². The molecule has 0 aliphatic carbocycles. The molecule has 1 unspecified atom stereocenters. The van der Waals surface area contributed by atoms with Crippen LogP contribution in [0.3, 0.4) is 0 Å². The number of aryl methyl sites for hydroxylation is 1. The molecule has 1 saturated heterocycles. The third kappa shape index (κ3) is 3.60. The third-order valence-corrected chi connectivity index (χ3v) is 7.59. The monoisotopic (exact) mass is 372 g/mol. The first-order valence-corrected chi connectivity index (χ1v) is 10.2. The molecular formula is C13H16N4O3S3. The van der Waals surface area contributed by atoms with E-state index in [1.807, 2.05) is 6.92 Å². The molecule has 1 aliphatic rings. The molecule has 0 radical (unpaired) electrons. The van der Waals surface area contributed by atoms with Crippen molar-refractivity contribution in [2.24, 2.45) is 5.92 Å². The van der Waals surface area contributed by atoms with Crippen LogP contribution < -0.4 is 5.32 Å². The summed E-state index contributed by atoms with van der Waals surface area (Å²) < 4.78 is 27.1. The van der Waals surface area contributed by atoms with Gasteiger partial charge in [0.1, 0.15) is 9.72 Å². The number of aromatic nitrogens is 2. The summed E-state index contributed by atoms with van der Waals surface area (Å²) in [6.07, 6.45) is 1.33. The zero-order chi connectivity index (χ0) is 16.4. The average Bonchev–Trinajstić information content (AvgIpc) is 3.19. The summed E-state index contributed by atoms with van der Waals surface area (Å²) in [6, 6.07) is 3.42. The van der Waals surface area contributed by atoms with E-state index in [2.05, 4.69) is 15.5 Å². The van der Waals surface area contributed by atoms with Gasteiger partial charge in [-0.3, -0.25) is 4.79 Å². The fourth-order valence-corrected chi connectivity index (χ4v) is 5.90. The molecule has 1 aliphatic heterocycles. The molecule has 3 rings (SSSR count). The van der Waals surface area contributed by atoms with Crippen LogP contribution in [0.25, 0.3) is 0 Å². The maximum atomic E-state index is 12.7. The number of sulfonamides is 1. The maximum absolute atomic E-state index is 12.7. The first-order chi connectivity index (χ1) is 11.0. The van der Waals surface area contributed by atoms with Crippen molar-refractivity contribution < 1.29 is 13.2 Å². The maximum Gasteiger partial charge on any atom is 0.252 e. The Labute approximate surface area is 142 Å². The number of piperidine rings is 1. The van der Waals surface area contributed by atoms with Crippen molar-refractivity contribution >= 4 is 43.7 Å². The largest absolute Gasteiger partial charge is 0.300 e. The molecule has 1 fully saturated rings. The number of nitrogens with one attached hydrogen (secondary N) is 1. The Morgan fingerprint density at radius 2 is 2.26 bits per heavy atom. The Hall–Kier alpha value is -1.36. The Morgan fingerprint density at radius 1 is 1.43 bits per heavy atom. The Bertz CT molecular complexity index is 785. The highest BCUT2D eigenvalue weighted by atomic mass is 32.2. The first-order valence-electron chi connectivity index (χ1n) is 7.10. The molecule has 1 N–H and O–H groups in total. The first kappa shape index (κ1) is 16.5. The minimum atomic E-state index is -3.52. The predicted molar refractivity (Wildman–Crippen MR) is 89.1 cm³/mol. The fourth-order valence-electron chi connectivity index (χ4n) is 2.49. The Morgan fingerprint density at radius 3 is 2.91 bits per heavy atom. The number of hydrogen-bond donors (Lipinski definition) is 1. The molecule has 0 saturated carbocycles. The van der Waals surface area contributed by atoms with Crippen LogP contribution >= 0.6 is 22.7 Å². The summed E-state index contributed by atoms with van der Waals surface area (Å²) in [5.74, 6) is -0.576. The molecule has 0 spiro atoms. The number of carbonyl (C=O) groups is 1. The van der Waals surface area contributed by atoms with Crippen LogP contribution in [-0.2, 0) is 14.8 Å². The van der Waals surface area contributed by atoms with Gasteiger partial charge in [0, 0.05) is 18.0 Å². The van der Waals surface area contributed by atoms with Gasteiger partial charge in [-0.1, -0.05) is 11.3 Å². The van der Waals surface area contributed by atoms with E-state index in [0.29, 0.717) is 28.7 Å². The standard InChI is InChI=1S/C13H16N4O3S3/c1-9-4-5-11(22-9)23(19,20)17-6-2-3-10(7-17)12(18)15-13-16-14-8-21-13/h4-5,8,10H,2-3,6-7H2,1H3,(H,15,16,18). The summed E-state index contributed by atoms with van der Waals surface area (Å²) >= 11 is 2.49. The van der Waals surface area contributed by atoms with Gasteiger partial charge in [-0.2, -0.15) is 4.31 Å². The van der Waals surface area contributed by atoms with Crippen molar-refractivity contribution in [3.05, 3.63) is 22.5 Å². The van der Waals surface area contributed by atoms with E-state index in [0.717, 1.165) is 4.88 Å². The van der Waals surface area contributed by atoms with Gasteiger partial charge in [-0.15, -0.1) is 21.5 Å². The van der Waals surface area contributed by atoms with Crippen LogP contribution in [0, 0.1) is 12.8 Å². The fraction of sp³-hybridized carbons (Fsp3) is 0.462. The lowest BCUT2D eigenvalue weighted by molar-refractivity contribution is -0.120. The minimum absolute atomic E-state index is 0.198. The third-order valence-electron chi connectivity index (χ3n) is 3.65. The van der Waals surface area contributed by atoms with Gasteiger partial charge >= 0.3 is 0 Å². The van der Waals surface area contributed by atoms with Gasteiger partial charge in [0.05, 0.1) is 5.92 Å². The summed E-state index contributed by atoms with van der Waals surface area (Å²) in [4.78, 5) is 13.2. The lowest BCUT2D eigenvalue weighted by atomic mass is 9.99. The van der Waals surface area contributed by atoms with Crippen LogP contribution in [0.2, 0.25) is 0 Å². The lowest BCUT2D eigenvalue weighted by Crippen LogP contribution is -2.43. The quantitative estimate of drug-likeness (QED) is 0.885. The van der Waals surface area contributed by atoms with Crippen molar-refractivity contribution in [3.63, 3.8) is 0 Å². The van der Waals surface area contributed by atoms with Gasteiger partial charge < -0.3 is 5.32 Å². The second kappa shape index (κ2) is 6.63. The van der Waals surface area contributed by atoms with Gasteiger partial charge in [-0.05, 0) is 31.9 Å². The van der Waals surface area contributed by atoms with E-state index in [-0.39, 0.29) is 18.4 Å². The summed E-state index contributed by atoms with van der Waals surface area (Å²) in [5, 5.41) is 10.6. The molecule has 2 aromatic rings. The van der Waals surface area contributed by atoms with Gasteiger partial charge in [0.15, 0.2) is 0 Å². The van der Waals surface area contributed by atoms with Crippen LogP contribution in [0.5, 0.6) is 0 Å². The number of thiophene rings is 1. The molecule has 3 heterocycles. The zero-order valence-electron chi connectivity index (χ0n) is 12.4. The topological polar surface area (TPSA) is 92.3 Å². The van der Waals surface area contributed by atoms with E-state index in [1.54, 1.807) is 12.1 Å². The Kier molecular flexibility index (Phi) is 4.76.